The minimum Gasteiger partial charge on any atom is -0.261 e. The highest BCUT2D eigenvalue weighted by Crippen LogP contribution is 2.26. The van der Waals surface area contributed by atoms with Gasteiger partial charge in [0.25, 0.3) is 0 Å². The molecule has 1 aromatic heterocycles. The number of benzene rings is 1. The summed E-state index contributed by atoms with van der Waals surface area (Å²) in [6.07, 6.45) is 3.50. The lowest BCUT2D eigenvalue weighted by Crippen LogP contribution is -2.14. The van der Waals surface area contributed by atoms with Gasteiger partial charge in [-0.25, -0.2) is 4.98 Å². The second kappa shape index (κ2) is 5.10. The maximum atomic E-state index is 9.01. The first kappa shape index (κ1) is 13.7. The molecule has 96 valence electrons. The van der Waals surface area contributed by atoms with Crippen LogP contribution in [0.2, 0.25) is 0 Å². The van der Waals surface area contributed by atoms with E-state index in [1.54, 1.807) is 18.5 Å². The molecule has 0 unspecified atom stereocenters. The fourth-order valence-electron chi connectivity index (χ4n) is 1.67. The van der Waals surface area contributed by atoms with Gasteiger partial charge in [-0.05, 0) is 18.2 Å². The molecule has 1 heterocycles. The molecule has 19 heavy (non-hydrogen) atoms. The van der Waals surface area contributed by atoms with Gasteiger partial charge in [-0.15, -0.1) is 0 Å². The van der Waals surface area contributed by atoms with Crippen molar-refractivity contribution in [3.8, 4) is 17.3 Å². The van der Waals surface area contributed by atoms with Gasteiger partial charge >= 0.3 is 0 Å². The first-order valence-electron chi connectivity index (χ1n) is 5.94. The van der Waals surface area contributed by atoms with E-state index in [0.717, 1.165) is 21.4 Å². The summed E-state index contributed by atoms with van der Waals surface area (Å²) < 4.78 is 0.865. The maximum absolute atomic E-state index is 9.01. The smallest absolute Gasteiger partial charge is 0.0992 e. The first-order chi connectivity index (χ1) is 8.90. The summed E-state index contributed by atoms with van der Waals surface area (Å²) in [5.74, 6) is 0. The zero-order valence-corrected chi connectivity index (χ0v) is 12.7. The van der Waals surface area contributed by atoms with Gasteiger partial charge in [0.1, 0.15) is 0 Å². The number of halogens is 1. The quantitative estimate of drug-likeness (QED) is 0.796. The minimum absolute atomic E-state index is 0.0485. The standard InChI is InChI=1S/C15H14BrN3/c1-15(2,3)14-9-18-8-13(19-14)11-4-10(7-17)5-12(16)6-11/h4-6,8-9H,1-3H3. The van der Waals surface area contributed by atoms with Crippen LogP contribution in [0.4, 0.5) is 0 Å². The van der Waals surface area contributed by atoms with E-state index in [9.17, 15) is 0 Å². The summed E-state index contributed by atoms with van der Waals surface area (Å²) in [6, 6.07) is 7.69. The Morgan fingerprint density at radius 1 is 1.16 bits per heavy atom. The van der Waals surface area contributed by atoms with Crippen molar-refractivity contribution in [3.05, 3.63) is 46.3 Å². The molecule has 0 N–H and O–H groups in total. The lowest BCUT2D eigenvalue weighted by atomic mass is 9.92. The third-order valence-corrected chi connectivity index (χ3v) is 3.18. The van der Waals surface area contributed by atoms with E-state index in [1.165, 1.54) is 0 Å². The molecule has 0 fully saturated rings. The molecule has 2 rings (SSSR count). The number of nitriles is 1. The van der Waals surface area contributed by atoms with Crippen molar-refractivity contribution >= 4 is 15.9 Å². The van der Waals surface area contributed by atoms with Crippen LogP contribution in [-0.4, -0.2) is 9.97 Å². The molecule has 0 spiro atoms. The number of hydrogen-bond acceptors (Lipinski definition) is 3. The highest BCUT2D eigenvalue weighted by molar-refractivity contribution is 9.10. The summed E-state index contributed by atoms with van der Waals surface area (Å²) >= 11 is 3.41. The topological polar surface area (TPSA) is 49.6 Å². The Morgan fingerprint density at radius 3 is 2.53 bits per heavy atom. The zero-order valence-electron chi connectivity index (χ0n) is 11.1. The van der Waals surface area contributed by atoms with Crippen molar-refractivity contribution in [2.24, 2.45) is 0 Å². The van der Waals surface area contributed by atoms with Crippen LogP contribution in [0.25, 0.3) is 11.3 Å². The molecule has 0 bridgehead atoms. The van der Waals surface area contributed by atoms with Crippen LogP contribution in [-0.2, 0) is 5.41 Å². The average molecular weight is 316 g/mol. The van der Waals surface area contributed by atoms with E-state index >= 15 is 0 Å². The molecular weight excluding hydrogens is 302 g/mol. The van der Waals surface area contributed by atoms with Gasteiger partial charge in [-0.3, -0.25) is 4.98 Å². The molecule has 0 aliphatic carbocycles. The second-order valence-corrected chi connectivity index (χ2v) is 6.30. The van der Waals surface area contributed by atoms with Gasteiger partial charge < -0.3 is 0 Å². The van der Waals surface area contributed by atoms with Crippen molar-refractivity contribution in [2.45, 2.75) is 26.2 Å². The molecule has 1 aromatic carbocycles. The van der Waals surface area contributed by atoms with Gasteiger partial charge in [-0.2, -0.15) is 5.26 Å². The Bertz CT molecular complexity index is 651. The van der Waals surface area contributed by atoms with Crippen LogP contribution in [0.5, 0.6) is 0 Å². The van der Waals surface area contributed by atoms with Gasteiger partial charge in [0.05, 0.1) is 29.2 Å². The van der Waals surface area contributed by atoms with Gasteiger partial charge in [0, 0.05) is 21.6 Å². The third kappa shape index (κ3) is 3.18. The van der Waals surface area contributed by atoms with Crippen molar-refractivity contribution in [2.75, 3.05) is 0 Å². The highest BCUT2D eigenvalue weighted by atomic mass is 79.9. The van der Waals surface area contributed by atoms with E-state index in [0.29, 0.717) is 5.56 Å². The molecule has 4 heteroatoms. The molecule has 0 saturated carbocycles. The zero-order chi connectivity index (χ0) is 14.0. The molecule has 0 radical (unpaired) electrons. The predicted octanol–water partition coefficient (Wildman–Crippen LogP) is 4.08. The Kier molecular flexibility index (Phi) is 3.68. The Balaban J connectivity index is 2.54. The van der Waals surface area contributed by atoms with Crippen molar-refractivity contribution in [1.29, 1.82) is 5.26 Å². The largest absolute Gasteiger partial charge is 0.261 e. The molecule has 0 aliphatic rings. The molecule has 0 atom stereocenters. The lowest BCUT2D eigenvalue weighted by molar-refractivity contribution is 0.566. The fraction of sp³-hybridized carbons (Fsp3) is 0.267. The number of rotatable bonds is 1. The minimum atomic E-state index is -0.0485. The van der Waals surface area contributed by atoms with E-state index < -0.39 is 0 Å². The molecule has 3 nitrogen and oxygen atoms in total. The van der Waals surface area contributed by atoms with E-state index in [2.05, 4.69) is 52.7 Å². The van der Waals surface area contributed by atoms with E-state index in [1.807, 2.05) is 12.1 Å². The monoisotopic (exact) mass is 315 g/mol. The predicted molar refractivity (Wildman–Crippen MR) is 78.6 cm³/mol. The van der Waals surface area contributed by atoms with Gasteiger partial charge in [0.2, 0.25) is 0 Å². The van der Waals surface area contributed by atoms with Crippen molar-refractivity contribution in [3.63, 3.8) is 0 Å². The van der Waals surface area contributed by atoms with Gasteiger partial charge in [-0.1, -0.05) is 36.7 Å². The Labute approximate surface area is 121 Å². The van der Waals surface area contributed by atoms with Crippen molar-refractivity contribution in [1.82, 2.24) is 9.97 Å². The van der Waals surface area contributed by atoms with Crippen LogP contribution in [0, 0.1) is 11.3 Å². The first-order valence-corrected chi connectivity index (χ1v) is 6.73. The van der Waals surface area contributed by atoms with E-state index in [4.69, 9.17) is 5.26 Å². The third-order valence-electron chi connectivity index (χ3n) is 2.73. The number of hydrogen-bond donors (Lipinski definition) is 0. The van der Waals surface area contributed by atoms with Crippen LogP contribution in [0.15, 0.2) is 35.1 Å². The number of nitrogens with zero attached hydrogens (tertiary/aromatic N) is 3. The van der Waals surface area contributed by atoms with Crippen molar-refractivity contribution < 1.29 is 0 Å². The summed E-state index contributed by atoms with van der Waals surface area (Å²) in [6.45, 7) is 6.30. The van der Waals surface area contributed by atoms with Crippen LogP contribution in [0.3, 0.4) is 0 Å². The maximum Gasteiger partial charge on any atom is 0.0992 e. The summed E-state index contributed by atoms with van der Waals surface area (Å²) in [5.41, 5.74) is 3.16. The summed E-state index contributed by atoms with van der Waals surface area (Å²) in [7, 11) is 0. The van der Waals surface area contributed by atoms with Crippen LogP contribution < -0.4 is 0 Å². The summed E-state index contributed by atoms with van der Waals surface area (Å²) in [5, 5.41) is 9.01. The van der Waals surface area contributed by atoms with Crippen LogP contribution >= 0.6 is 15.9 Å². The molecule has 0 saturated heterocycles. The fourth-order valence-corrected chi connectivity index (χ4v) is 2.16. The lowest BCUT2D eigenvalue weighted by Gasteiger charge is -2.17. The SMILES string of the molecule is CC(C)(C)c1cncc(-c2cc(Br)cc(C#N)c2)n1. The van der Waals surface area contributed by atoms with Gasteiger partial charge in [0.15, 0.2) is 0 Å². The van der Waals surface area contributed by atoms with E-state index in [-0.39, 0.29) is 5.41 Å². The number of aromatic nitrogens is 2. The molecule has 0 aliphatic heterocycles. The normalized spacial score (nSPS) is 11.1. The molecule has 0 amide bonds. The Morgan fingerprint density at radius 2 is 1.89 bits per heavy atom. The Hall–Kier alpha value is -1.73. The second-order valence-electron chi connectivity index (χ2n) is 5.38. The highest BCUT2D eigenvalue weighted by Gasteiger charge is 2.16. The molecular formula is C15H14BrN3. The average Bonchev–Trinajstić information content (AvgIpc) is 2.37. The molecule has 2 aromatic rings. The van der Waals surface area contributed by atoms with Crippen LogP contribution in [0.1, 0.15) is 32.0 Å². The summed E-state index contributed by atoms with van der Waals surface area (Å²) in [4.78, 5) is 8.89.